The van der Waals surface area contributed by atoms with E-state index in [1.54, 1.807) is 0 Å². The second kappa shape index (κ2) is 8.65. The summed E-state index contributed by atoms with van der Waals surface area (Å²) in [6, 6.07) is 20.2. The van der Waals surface area contributed by atoms with Gasteiger partial charge in [-0.3, -0.25) is 4.99 Å². The molecule has 3 aromatic carbocycles. The Balaban J connectivity index is 1.82. The first-order valence-corrected chi connectivity index (χ1v) is 9.88. The molecule has 3 aromatic rings. The average Bonchev–Trinajstić information content (AvgIpc) is 2.63. The second-order valence-electron chi connectivity index (χ2n) is 6.07. The fourth-order valence-corrected chi connectivity index (χ4v) is 3.15. The van der Waals surface area contributed by atoms with Gasteiger partial charge in [-0.15, -0.1) is 0 Å². The van der Waals surface area contributed by atoms with Crippen molar-refractivity contribution in [2.24, 2.45) is 4.99 Å². The van der Waals surface area contributed by atoms with E-state index in [4.69, 9.17) is 4.74 Å². The Kier molecular flexibility index (Phi) is 6.28. The summed E-state index contributed by atoms with van der Waals surface area (Å²) in [5, 5.41) is 0. The van der Waals surface area contributed by atoms with E-state index in [1.165, 1.54) is 11.1 Å². The van der Waals surface area contributed by atoms with Gasteiger partial charge in [0.25, 0.3) is 0 Å². The van der Waals surface area contributed by atoms with E-state index in [0.29, 0.717) is 6.61 Å². The largest absolute Gasteiger partial charge is 0.488 e. The Hall–Kier alpha value is -1.91. The number of ether oxygens (including phenoxy) is 1. The number of halogens is 2. The van der Waals surface area contributed by atoms with Crippen molar-refractivity contribution >= 4 is 43.8 Å². The predicted octanol–water partition coefficient (Wildman–Crippen LogP) is 7.16. The van der Waals surface area contributed by atoms with Gasteiger partial charge in [-0.25, -0.2) is 0 Å². The second-order valence-corrected chi connectivity index (χ2v) is 7.91. The van der Waals surface area contributed by atoms with Crippen molar-refractivity contribution in [3.8, 4) is 5.75 Å². The van der Waals surface area contributed by atoms with Crippen molar-refractivity contribution in [1.29, 1.82) is 0 Å². The highest BCUT2D eigenvalue weighted by atomic mass is 79.9. The molecule has 0 spiro atoms. The number of hydrogen-bond acceptors (Lipinski definition) is 2. The fraction of sp³-hybridized carbons (Fsp3) is 0.136. The predicted molar refractivity (Wildman–Crippen MR) is 116 cm³/mol. The maximum Gasteiger partial charge on any atom is 0.128 e. The topological polar surface area (TPSA) is 21.6 Å². The third kappa shape index (κ3) is 4.83. The van der Waals surface area contributed by atoms with E-state index in [2.05, 4.69) is 56.8 Å². The normalized spacial score (nSPS) is 11.1. The summed E-state index contributed by atoms with van der Waals surface area (Å²) >= 11 is 6.98. The van der Waals surface area contributed by atoms with Gasteiger partial charge in [-0.2, -0.15) is 0 Å². The van der Waals surface area contributed by atoms with E-state index in [9.17, 15) is 0 Å². The fourth-order valence-electron chi connectivity index (χ4n) is 2.51. The standard InChI is InChI=1S/C22H19Br2NO/c1-15-4-3-5-21(16(15)2)25-13-18-12-20(24)10-11-22(18)26-14-17-6-8-19(23)9-7-17/h3-13H,14H2,1-2H3. The number of benzene rings is 3. The van der Waals surface area contributed by atoms with Crippen molar-refractivity contribution in [2.75, 3.05) is 0 Å². The van der Waals surface area contributed by atoms with Crippen LogP contribution in [0.4, 0.5) is 5.69 Å². The Labute approximate surface area is 171 Å². The van der Waals surface area contributed by atoms with Crippen LogP contribution >= 0.6 is 31.9 Å². The molecule has 0 aliphatic carbocycles. The van der Waals surface area contributed by atoms with Gasteiger partial charge < -0.3 is 4.74 Å². The van der Waals surface area contributed by atoms with Crippen LogP contribution in [0.25, 0.3) is 0 Å². The van der Waals surface area contributed by atoms with Gasteiger partial charge in [0, 0.05) is 20.7 Å². The van der Waals surface area contributed by atoms with Gasteiger partial charge in [0.1, 0.15) is 12.4 Å². The van der Waals surface area contributed by atoms with Gasteiger partial charge >= 0.3 is 0 Å². The van der Waals surface area contributed by atoms with Crippen LogP contribution in [0.3, 0.4) is 0 Å². The van der Waals surface area contributed by atoms with Crippen molar-refractivity contribution in [3.63, 3.8) is 0 Å². The monoisotopic (exact) mass is 471 g/mol. The molecule has 0 aromatic heterocycles. The van der Waals surface area contributed by atoms with Crippen LogP contribution in [0.1, 0.15) is 22.3 Å². The number of hydrogen-bond donors (Lipinski definition) is 0. The molecule has 0 aliphatic heterocycles. The first-order chi connectivity index (χ1) is 12.5. The highest BCUT2D eigenvalue weighted by molar-refractivity contribution is 9.10. The van der Waals surface area contributed by atoms with Crippen LogP contribution in [0.2, 0.25) is 0 Å². The van der Waals surface area contributed by atoms with Crippen LogP contribution in [0, 0.1) is 13.8 Å². The molecule has 4 heteroatoms. The number of nitrogens with zero attached hydrogens (tertiary/aromatic N) is 1. The summed E-state index contributed by atoms with van der Waals surface area (Å²) in [4.78, 5) is 4.67. The van der Waals surface area contributed by atoms with E-state index in [1.807, 2.05) is 60.8 Å². The summed E-state index contributed by atoms with van der Waals surface area (Å²) in [6.45, 7) is 4.70. The van der Waals surface area contributed by atoms with Crippen LogP contribution in [-0.4, -0.2) is 6.21 Å². The maximum atomic E-state index is 6.03. The van der Waals surface area contributed by atoms with Gasteiger partial charge in [-0.1, -0.05) is 56.1 Å². The minimum atomic E-state index is 0.513. The lowest BCUT2D eigenvalue weighted by atomic mass is 10.1. The van der Waals surface area contributed by atoms with Crippen LogP contribution < -0.4 is 4.74 Å². The first kappa shape index (κ1) is 18.9. The Morgan fingerprint density at radius 1 is 0.923 bits per heavy atom. The molecule has 0 radical (unpaired) electrons. The highest BCUT2D eigenvalue weighted by Crippen LogP contribution is 2.25. The lowest BCUT2D eigenvalue weighted by Gasteiger charge is -2.10. The van der Waals surface area contributed by atoms with E-state index >= 15 is 0 Å². The molecular weight excluding hydrogens is 454 g/mol. The Bertz CT molecular complexity index is 933. The molecule has 0 atom stereocenters. The SMILES string of the molecule is Cc1cccc(N=Cc2cc(Br)ccc2OCc2ccc(Br)cc2)c1C. The quantitative estimate of drug-likeness (QED) is 0.361. The number of aryl methyl sites for hydroxylation is 1. The van der Waals surface area contributed by atoms with E-state index in [-0.39, 0.29) is 0 Å². The minimum Gasteiger partial charge on any atom is -0.488 e. The summed E-state index contributed by atoms with van der Waals surface area (Å²) in [6.07, 6.45) is 1.86. The molecule has 0 heterocycles. The minimum absolute atomic E-state index is 0.513. The van der Waals surface area contributed by atoms with Crippen LogP contribution in [-0.2, 0) is 6.61 Å². The summed E-state index contributed by atoms with van der Waals surface area (Å²) in [5.41, 5.74) is 5.46. The van der Waals surface area contributed by atoms with Gasteiger partial charge in [0.2, 0.25) is 0 Å². The maximum absolute atomic E-state index is 6.03. The molecule has 0 N–H and O–H groups in total. The van der Waals surface area contributed by atoms with Crippen molar-refractivity contribution in [1.82, 2.24) is 0 Å². The average molecular weight is 473 g/mol. The third-order valence-corrected chi connectivity index (χ3v) is 5.22. The summed E-state index contributed by atoms with van der Waals surface area (Å²) in [5.74, 6) is 0.810. The zero-order valence-electron chi connectivity index (χ0n) is 14.7. The zero-order valence-corrected chi connectivity index (χ0v) is 17.8. The molecule has 3 rings (SSSR count). The molecular formula is C22H19Br2NO. The van der Waals surface area contributed by atoms with Crippen LogP contribution in [0.5, 0.6) is 5.75 Å². The molecule has 0 fully saturated rings. The van der Waals surface area contributed by atoms with Crippen LogP contribution in [0.15, 0.2) is 74.6 Å². The molecule has 26 heavy (non-hydrogen) atoms. The van der Waals surface area contributed by atoms with Crippen molar-refractivity contribution in [2.45, 2.75) is 20.5 Å². The lowest BCUT2D eigenvalue weighted by molar-refractivity contribution is 0.306. The van der Waals surface area contributed by atoms with Gasteiger partial charge in [0.15, 0.2) is 0 Å². The molecule has 2 nitrogen and oxygen atoms in total. The number of aliphatic imine (C=N–C) groups is 1. The molecule has 0 aliphatic rings. The number of rotatable bonds is 5. The Morgan fingerprint density at radius 2 is 1.65 bits per heavy atom. The third-order valence-electron chi connectivity index (χ3n) is 4.20. The molecule has 0 saturated carbocycles. The summed E-state index contributed by atoms with van der Waals surface area (Å²) < 4.78 is 8.09. The van der Waals surface area contributed by atoms with Crippen molar-refractivity contribution in [3.05, 3.63) is 91.9 Å². The first-order valence-electron chi connectivity index (χ1n) is 8.30. The molecule has 0 bridgehead atoms. The molecule has 0 amide bonds. The van der Waals surface area contributed by atoms with Gasteiger partial charge in [0.05, 0.1) is 5.69 Å². The van der Waals surface area contributed by atoms with Crippen molar-refractivity contribution < 1.29 is 4.74 Å². The highest BCUT2D eigenvalue weighted by Gasteiger charge is 2.05. The molecule has 0 unspecified atom stereocenters. The van der Waals surface area contributed by atoms with E-state index in [0.717, 1.165) is 31.5 Å². The smallest absolute Gasteiger partial charge is 0.128 e. The molecule has 132 valence electrons. The zero-order chi connectivity index (χ0) is 18.5. The Morgan fingerprint density at radius 3 is 2.42 bits per heavy atom. The summed E-state index contributed by atoms with van der Waals surface area (Å²) in [7, 11) is 0. The van der Waals surface area contributed by atoms with E-state index < -0.39 is 0 Å². The molecule has 0 saturated heterocycles. The van der Waals surface area contributed by atoms with Gasteiger partial charge in [-0.05, 0) is 66.9 Å². The lowest BCUT2D eigenvalue weighted by Crippen LogP contribution is -1.98.